The highest BCUT2D eigenvalue weighted by Gasteiger charge is 2.35. The molecular weight excluding hydrogens is 524 g/mol. The second kappa shape index (κ2) is 10.6. The number of pyridine rings is 1. The van der Waals surface area contributed by atoms with Gasteiger partial charge in [0, 0.05) is 56.8 Å². The zero-order valence-corrected chi connectivity index (χ0v) is 19.9. The number of urea groups is 2. The normalized spacial score (nSPS) is 13.8. The van der Waals surface area contributed by atoms with Gasteiger partial charge >= 0.3 is 18.4 Å². The second-order valence-electron chi connectivity index (χ2n) is 7.79. The monoisotopic (exact) mass is 542 g/mol. The first-order chi connectivity index (χ1) is 17.5. The van der Waals surface area contributed by atoms with Gasteiger partial charge in [0.1, 0.15) is 11.5 Å². The Morgan fingerprint density at radius 1 is 1.24 bits per heavy atom. The van der Waals surface area contributed by atoms with Crippen LogP contribution in [0.15, 0.2) is 42.9 Å². The molecule has 1 aliphatic heterocycles. The van der Waals surface area contributed by atoms with Crippen LogP contribution in [0, 0.1) is 5.82 Å². The summed E-state index contributed by atoms with van der Waals surface area (Å²) in [6.07, 6.45) is 0.0570. The molecule has 0 saturated carbocycles. The Kier molecular flexibility index (Phi) is 7.50. The van der Waals surface area contributed by atoms with Crippen LogP contribution in [-0.2, 0) is 11.8 Å². The molecule has 1 N–H and O–H groups in total. The number of hydrogen-bond donors (Lipinski definition) is 1. The van der Waals surface area contributed by atoms with Crippen LogP contribution in [0.3, 0.4) is 0 Å². The Labute approximate surface area is 212 Å². The summed E-state index contributed by atoms with van der Waals surface area (Å²) in [5, 5.41) is 6.29. The first kappa shape index (κ1) is 26.2. The van der Waals surface area contributed by atoms with Gasteiger partial charge in [0.05, 0.1) is 29.2 Å². The van der Waals surface area contributed by atoms with Gasteiger partial charge in [0.15, 0.2) is 5.82 Å². The molecule has 0 atom stereocenters. The van der Waals surface area contributed by atoms with Crippen molar-refractivity contribution in [1.82, 2.24) is 24.6 Å². The fourth-order valence-electron chi connectivity index (χ4n) is 3.45. The Morgan fingerprint density at radius 3 is 2.73 bits per heavy atom. The number of anilines is 1. The van der Waals surface area contributed by atoms with Gasteiger partial charge in [-0.1, -0.05) is 11.6 Å². The summed E-state index contributed by atoms with van der Waals surface area (Å²) in [4.78, 5) is 30.9. The quantitative estimate of drug-likeness (QED) is 0.427. The molecule has 3 aromatic rings. The average molecular weight is 543 g/mol. The molecule has 1 saturated heterocycles. The minimum atomic E-state index is -4.83. The van der Waals surface area contributed by atoms with Crippen LogP contribution in [0.2, 0.25) is 5.02 Å². The number of nitrogens with zero attached hydrogens (tertiary/aromatic N) is 5. The maximum atomic E-state index is 14.8. The van der Waals surface area contributed by atoms with E-state index in [9.17, 15) is 27.2 Å². The van der Waals surface area contributed by atoms with E-state index < -0.39 is 30.8 Å². The van der Waals surface area contributed by atoms with Crippen molar-refractivity contribution in [2.45, 2.75) is 6.36 Å². The molecule has 0 spiro atoms. The number of amides is 4. The van der Waals surface area contributed by atoms with Crippen molar-refractivity contribution in [2.24, 2.45) is 7.05 Å². The van der Waals surface area contributed by atoms with Crippen molar-refractivity contribution in [1.29, 1.82) is 0 Å². The molecule has 4 amide bonds. The van der Waals surface area contributed by atoms with E-state index in [1.165, 1.54) is 6.20 Å². The van der Waals surface area contributed by atoms with E-state index in [4.69, 9.17) is 16.3 Å². The lowest BCUT2D eigenvalue weighted by Crippen LogP contribution is -2.40. The van der Waals surface area contributed by atoms with E-state index in [0.29, 0.717) is 11.4 Å². The molecule has 3 heterocycles. The standard InChI is InChI=1S/C22H19ClF4N6O4/c1-31-12-13(11-29-31)17-8-14(2-3-28-17)37-19-10-16(24)18(9-15(19)23)30-20(34)33-5-4-32(21(33)35)6-7-36-22(25,26)27/h2-3,8-12H,4-7H2,1H3,(H,30,34). The number of halogens is 5. The van der Waals surface area contributed by atoms with Crippen LogP contribution in [-0.4, -0.2) is 69.2 Å². The summed E-state index contributed by atoms with van der Waals surface area (Å²) in [7, 11) is 1.76. The molecule has 0 radical (unpaired) electrons. The van der Waals surface area contributed by atoms with Crippen LogP contribution < -0.4 is 10.1 Å². The summed E-state index contributed by atoms with van der Waals surface area (Å²) < 4.78 is 62.1. The molecule has 196 valence electrons. The Balaban J connectivity index is 1.40. The molecular formula is C22H19ClF4N6O4. The van der Waals surface area contributed by atoms with Gasteiger partial charge in [-0.25, -0.2) is 18.9 Å². The van der Waals surface area contributed by atoms with Crippen molar-refractivity contribution in [2.75, 3.05) is 31.6 Å². The Morgan fingerprint density at radius 2 is 2.03 bits per heavy atom. The van der Waals surface area contributed by atoms with Crippen molar-refractivity contribution in [3.05, 3.63) is 53.7 Å². The van der Waals surface area contributed by atoms with Crippen LogP contribution >= 0.6 is 11.6 Å². The molecule has 1 fully saturated rings. The second-order valence-corrected chi connectivity index (χ2v) is 8.20. The number of nitrogens with one attached hydrogen (secondary N) is 1. The number of carbonyl (C=O) groups is 2. The molecule has 0 bridgehead atoms. The molecule has 1 aromatic carbocycles. The number of aromatic nitrogens is 3. The molecule has 0 aliphatic carbocycles. The molecule has 10 nitrogen and oxygen atoms in total. The van der Waals surface area contributed by atoms with E-state index in [2.05, 4.69) is 20.1 Å². The number of hydrogen-bond acceptors (Lipinski definition) is 6. The van der Waals surface area contributed by atoms with Gasteiger partial charge in [0.2, 0.25) is 0 Å². The van der Waals surface area contributed by atoms with Gasteiger partial charge in [-0.05, 0) is 12.1 Å². The maximum absolute atomic E-state index is 14.8. The third-order valence-electron chi connectivity index (χ3n) is 5.19. The number of alkyl halides is 3. The largest absolute Gasteiger partial charge is 0.522 e. The Bertz CT molecular complexity index is 1320. The summed E-state index contributed by atoms with van der Waals surface area (Å²) in [6, 6.07) is 3.44. The number of carbonyl (C=O) groups excluding carboxylic acids is 2. The third kappa shape index (κ3) is 6.46. The lowest BCUT2D eigenvalue weighted by Gasteiger charge is -2.18. The summed E-state index contributed by atoms with van der Waals surface area (Å²) in [5.41, 5.74) is 0.992. The first-order valence-corrected chi connectivity index (χ1v) is 11.1. The fraction of sp³-hybridized carbons (Fsp3) is 0.273. The number of aryl methyl sites for hydroxylation is 1. The van der Waals surface area contributed by atoms with Crippen molar-refractivity contribution < 1.29 is 36.6 Å². The highest BCUT2D eigenvalue weighted by atomic mass is 35.5. The number of benzene rings is 1. The molecule has 2 aromatic heterocycles. The van der Waals surface area contributed by atoms with E-state index in [-0.39, 0.29) is 36.1 Å². The van der Waals surface area contributed by atoms with Gasteiger partial charge in [0.25, 0.3) is 0 Å². The van der Waals surface area contributed by atoms with Crippen LogP contribution in [0.25, 0.3) is 11.3 Å². The molecule has 1 aliphatic rings. The minimum Gasteiger partial charge on any atom is -0.456 e. The summed E-state index contributed by atoms with van der Waals surface area (Å²) in [6.45, 7) is -1.26. The number of imide groups is 1. The molecule has 4 rings (SSSR count). The SMILES string of the molecule is Cn1cc(-c2cc(Oc3cc(F)c(NC(=O)N4CCN(CCOC(F)(F)F)C4=O)cc3Cl)ccn2)cn1. The van der Waals surface area contributed by atoms with E-state index >= 15 is 0 Å². The zero-order chi connectivity index (χ0) is 26.7. The first-order valence-electron chi connectivity index (χ1n) is 10.7. The van der Waals surface area contributed by atoms with E-state index in [1.807, 2.05) is 0 Å². The maximum Gasteiger partial charge on any atom is 0.522 e. The van der Waals surface area contributed by atoms with Crippen molar-refractivity contribution >= 4 is 29.4 Å². The van der Waals surface area contributed by atoms with Crippen molar-refractivity contribution in [3.63, 3.8) is 0 Å². The number of ether oxygens (including phenoxy) is 2. The van der Waals surface area contributed by atoms with Gasteiger partial charge < -0.3 is 15.0 Å². The topological polar surface area (TPSA) is 102 Å². The molecule has 37 heavy (non-hydrogen) atoms. The summed E-state index contributed by atoms with van der Waals surface area (Å²) in [5.74, 6) is -0.603. The third-order valence-corrected chi connectivity index (χ3v) is 5.49. The predicted octanol–water partition coefficient (Wildman–Crippen LogP) is 4.87. The lowest BCUT2D eigenvalue weighted by molar-refractivity contribution is -0.324. The fourth-order valence-corrected chi connectivity index (χ4v) is 3.65. The van der Waals surface area contributed by atoms with Gasteiger partial charge in [-0.15, -0.1) is 13.2 Å². The lowest BCUT2D eigenvalue weighted by atomic mass is 10.2. The average Bonchev–Trinajstić information content (AvgIpc) is 3.42. The van der Waals surface area contributed by atoms with Crippen molar-refractivity contribution in [3.8, 4) is 22.8 Å². The smallest absolute Gasteiger partial charge is 0.456 e. The van der Waals surface area contributed by atoms with Crippen LogP contribution in [0.5, 0.6) is 11.5 Å². The zero-order valence-electron chi connectivity index (χ0n) is 19.1. The van der Waals surface area contributed by atoms with Gasteiger partial charge in [-0.2, -0.15) is 5.10 Å². The molecule has 15 heteroatoms. The van der Waals surface area contributed by atoms with Crippen LogP contribution in [0.1, 0.15) is 0 Å². The van der Waals surface area contributed by atoms with Gasteiger partial charge in [-0.3, -0.25) is 14.4 Å². The minimum absolute atomic E-state index is 0.00352. The van der Waals surface area contributed by atoms with Crippen LogP contribution in [0.4, 0.5) is 32.8 Å². The molecule has 0 unspecified atom stereocenters. The number of rotatable bonds is 7. The summed E-state index contributed by atoms with van der Waals surface area (Å²) >= 11 is 6.23. The van der Waals surface area contributed by atoms with E-state index in [1.54, 1.807) is 36.3 Å². The predicted molar refractivity (Wildman–Crippen MR) is 123 cm³/mol. The highest BCUT2D eigenvalue weighted by Crippen LogP contribution is 2.34. The van der Waals surface area contributed by atoms with E-state index in [0.717, 1.165) is 27.5 Å². The Hall–Kier alpha value is -3.91. The highest BCUT2D eigenvalue weighted by molar-refractivity contribution is 6.32.